The van der Waals surface area contributed by atoms with E-state index in [1.165, 1.54) is 12.1 Å². The molecule has 5 nitrogen and oxygen atoms in total. The first-order chi connectivity index (χ1) is 14.0. The van der Waals surface area contributed by atoms with Gasteiger partial charge in [-0.3, -0.25) is 5.32 Å². The van der Waals surface area contributed by atoms with Gasteiger partial charge in [-0.15, -0.1) is 0 Å². The predicted molar refractivity (Wildman–Crippen MR) is 112 cm³/mol. The van der Waals surface area contributed by atoms with Crippen LogP contribution in [0, 0.1) is 0 Å². The van der Waals surface area contributed by atoms with Gasteiger partial charge in [0.2, 0.25) is 0 Å². The number of halogens is 2. The van der Waals surface area contributed by atoms with Crippen LogP contribution in [0.25, 0.3) is 11.1 Å². The Morgan fingerprint density at radius 3 is 2.14 bits per heavy atom. The third-order valence-corrected chi connectivity index (χ3v) is 5.37. The van der Waals surface area contributed by atoms with Gasteiger partial charge in [0, 0.05) is 10.9 Å². The van der Waals surface area contributed by atoms with Crippen molar-refractivity contribution in [3.63, 3.8) is 0 Å². The topological polar surface area (TPSA) is 75.6 Å². The lowest BCUT2D eigenvalue weighted by molar-refractivity contribution is 0.0698. The summed E-state index contributed by atoms with van der Waals surface area (Å²) < 4.78 is 5.43. The molecular weight excluding hydrogens is 413 g/mol. The monoisotopic (exact) mass is 427 g/mol. The van der Waals surface area contributed by atoms with Crippen molar-refractivity contribution < 1.29 is 19.4 Å². The molecule has 0 unspecified atom stereocenters. The van der Waals surface area contributed by atoms with Gasteiger partial charge in [-0.1, -0.05) is 71.7 Å². The second-order valence-electron chi connectivity index (χ2n) is 6.57. The SMILES string of the molecule is O=C(Nc1c(Cl)cc(Cl)cc1C(=O)O)OCC1c2ccccc2-c2ccccc21. The van der Waals surface area contributed by atoms with Crippen LogP contribution in [0.3, 0.4) is 0 Å². The summed E-state index contributed by atoms with van der Waals surface area (Å²) in [7, 11) is 0. The highest BCUT2D eigenvalue weighted by Gasteiger charge is 2.29. The minimum atomic E-state index is -1.26. The van der Waals surface area contributed by atoms with Crippen LogP contribution in [0.5, 0.6) is 0 Å². The van der Waals surface area contributed by atoms with Gasteiger partial charge < -0.3 is 9.84 Å². The van der Waals surface area contributed by atoms with Crippen LogP contribution in [-0.4, -0.2) is 23.8 Å². The average Bonchev–Trinajstić information content (AvgIpc) is 3.02. The molecule has 0 aromatic heterocycles. The van der Waals surface area contributed by atoms with Gasteiger partial charge in [-0.25, -0.2) is 9.59 Å². The van der Waals surface area contributed by atoms with Crippen molar-refractivity contribution in [1.82, 2.24) is 0 Å². The van der Waals surface area contributed by atoms with Gasteiger partial charge in [0.05, 0.1) is 16.3 Å². The Hall–Kier alpha value is -3.02. The maximum absolute atomic E-state index is 12.4. The summed E-state index contributed by atoms with van der Waals surface area (Å²) in [4.78, 5) is 23.8. The minimum Gasteiger partial charge on any atom is -0.478 e. The molecule has 146 valence electrons. The molecule has 0 spiro atoms. The molecule has 0 fully saturated rings. The van der Waals surface area contributed by atoms with Crippen LogP contribution < -0.4 is 5.32 Å². The number of amides is 1. The van der Waals surface area contributed by atoms with E-state index < -0.39 is 12.1 Å². The molecule has 1 amide bonds. The van der Waals surface area contributed by atoms with Crippen LogP contribution >= 0.6 is 23.2 Å². The number of carbonyl (C=O) groups excluding carboxylic acids is 1. The van der Waals surface area contributed by atoms with E-state index in [2.05, 4.69) is 5.32 Å². The first-order valence-corrected chi connectivity index (χ1v) is 9.55. The van der Waals surface area contributed by atoms with E-state index in [1.54, 1.807) is 0 Å². The molecule has 0 heterocycles. The van der Waals surface area contributed by atoms with Crippen molar-refractivity contribution in [2.45, 2.75) is 5.92 Å². The molecule has 0 bridgehead atoms. The summed E-state index contributed by atoms with van der Waals surface area (Å²) in [6.07, 6.45) is -0.793. The molecule has 1 aliphatic rings. The van der Waals surface area contributed by atoms with E-state index in [4.69, 9.17) is 27.9 Å². The molecule has 3 aromatic carbocycles. The zero-order valence-corrected chi connectivity index (χ0v) is 16.5. The number of rotatable bonds is 4. The number of hydrogen-bond acceptors (Lipinski definition) is 3. The predicted octanol–water partition coefficient (Wildman–Crippen LogP) is 6.05. The van der Waals surface area contributed by atoms with Crippen molar-refractivity contribution in [2.24, 2.45) is 0 Å². The van der Waals surface area contributed by atoms with Crippen molar-refractivity contribution in [3.8, 4) is 11.1 Å². The molecule has 0 radical (unpaired) electrons. The quantitative estimate of drug-likeness (QED) is 0.530. The van der Waals surface area contributed by atoms with Crippen LogP contribution in [0.15, 0.2) is 60.7 Å². The molecule has 0 atom stereocenters. The van der Waals surface area contributed by atoms with E-state index in [0.29, 0.717) is 0 Å². The largest absolute Gasteiger partial charge is 0.478 e. The van der Waals surface area contributed by atoms with E-state index in [9.17, 15) is 14.7 Å². The van der Waals surface area contributed by atoms with Crippen molar-refractivity contribution >= 4 is 41.0 Å². The molecule has 0 saturated heterocycles. The van der Waals surface area contributed by atoms with Crippen LogP contribution in [0.4, 0.5) is 10.5 Å². The number of ether oxygens (including phenoxy) is 1. The Morgan fingerprint density at radius 2 is 1.55 bits per heavy atom. The number of anilines is 1. The smallest absolute Gasteiger partial charge is 0.411 e. The van der Waals surface area contributed by atoms with Crippen LogP contribution in [0.1, 0.15) is 27.4 Å². The maximum atomic E-state index is 12.4. The Balaban J connectivity index is 1.54. The molecular formula is C22H15Cl2NO4. The number of carboxylic acid groups (broad SMARTS) is 1. The van der Waals surface area contributed by atoms with Gasteiger partial charge in [0.25, 0.3) is 0 Å². The fraction of sp³-hybridized carbons (Fsp3) is 0.0909. The molecule has 3 aromatic rings. The molecule has 1 aliphatic carbocycles. The first kappa shape index (κ1) is 19.3. The van der Waals surface area contributed by atoms with Crippen molar-refractivity contribution in [3.05, 3.63) is 87.4 Å². The zero-order chi connectivity index (χ0) is 20.5. The van der Waals surface area contributed by atoms with E-state index in [0.717, 1.165) is 22.3 Å². The normalized spacial score (nSPS) is 12.2. The molecule has 0 saturated carbocycles. The highest BCUT2D eigenvalue weighted by molar-refractivity contribution is 6.37. The average molecular weight is 428 g/mol. The Morgan fingerprint density at radius 1 is 0.966 bits per heavy atom. The lowest BCUT2D eigenvalue weighted by Crippen LogP contribution is -2.19. The fourth-order valence-electron chi connectivity index (χ4n) is 3.61. The minimum absolute atomic E-state index is 0.0170. The summed E-state index contributed by atoms with van der Waals surface area (Å²) in [6, 6.07) is 18.5. The highest BCUT2D eigenvalue weighted by Crippen LogP contribution is 2.44. The van der Waals surface area contributed by atoms with Gasteiger partial charge in [-0.05, 0) is 34.4 Å². The number of carbonyl (C=O) groups is 2. The maximum Gasteiger partial charge on any atom is 0.411 e. The highest BCUT2D eigenvalue weighted by atomic mass is 35.5. The Labute approximate surface area is 176 Å². The van der Waals surface area contributed by atoms with Gasteiger partial charge in [0.15, 0.2) is 0 Å². The van der Waals surface area contributed by atoms with Crippen LogP contribution in [0.2, 0.25) is 10.0 Å². The lowest BCUT2D eigenvalue weighted by atomic mass is 9.98. The van der Waals surface area contributed by atoms with Gasteiger partial charge in [-0.2, -0.15) is 0 Å². The summed E-state index contributed by atoms with van der Waals surface area (Å²) in [5.41, 5.74) is 4.13. The molecule has 2 N–H and O–H groups in total. The summed E-state index contributed by atoms with van der Waals surface area (Å²) >= 11 is 11.9. The molecule has 0 aliphatic heterocycles. The van der Waals surface area contributed by atoms with E-state index in [-0.39, 0.29) is 33.8 Å². The number of carboxylic acids is 1. The third kappa shape index (κ3) is 3.67. The third-order valence-electron chi connectivity index (χ3n) is 4.86. The van der Waals surface area contributed by atoms with E-state index >= 15 is 0 Å². The van der Waals surface area contributed by atoms with Gasteiger partial charge >= 0.3 is 12.1 Å². The Kier molecular flexibility index (Phi) is 5.18. The van der Waals surface area contributed by atoms with Gasteiger partial charge in [0.1, 0.15) is 6.61 Å². The molecule has 4 rings (SSSR count). The second-order valence-corrected chi connectivity index (χ2v) is 7.41. The number of nitrogens with one attached hydrogen (secondary N) is 1. The fourth-order valence-corrected chi connectivity index (χ4v) is 4.15. The lowest BCUT2D eigenvalue weighted by Gasteiger charge is -2.16. The summed E-state index contributed by atoms with van der Waals surface area (Å²) in [5.74, 6) is -1.36. The van der Waals surface area contributed by atoms with Crippen molar-refractivity contribution in [1.29, 1.82) is 0 Å². The first-order valence-electron chi connectivity index (χ1n) is 8.80. The number of hydrogen-bond donors (Lipinski definition) is 2. The number of fused-ring (bicyclic) bond motifs is 3. The standard InChI is InChI=1S/C22H15Cl2NO4/c23-12-9-17(21(26)27)20(19(24)10-12)25-22(28)29-11-18-15-7-3-1-5-13(15)14-6-2-4-8-16(14)18/h1-10,18H,11H2,(H,25,28)(H,26,27). The van der Waals surface area contributed by atoms with E-state index in [1.807, 2.05) is 48.5 Å². The van der Waals surface area contributed by atoms with Crippen molar-refractivity contribution in [2.75, 3.05) is 11.9 Å². The molecule has 29 heavy (non-hydrogen) atoms. The van der Waals surface area contributed by atoms with Crippen LogP contribution in [-0.2, 0) is 4.74 Å². The zero-order valence-electron chi connectivity index (χ0n) is 15.0. The second kappa shape index (κ2) is 7.78. The Bertz CT molecular complexity index is 1080. The number of benzene rings is 3. The summed E-state index contributed by atoms with van der Waals surface area (Å²) in [6.45, 7) is 0.105. The number of aromatic carboxylic acids is 1. The summed E-state index contributed by atoms with van der Waals surface area (Å²) in [5, 5.41) is 11.9. The molecule has 7 heteroatoms.